The molecule has 0 N–H and O–H groups in total. The van der Waals surface area contributed by atoms with Gasteiger partial charge in [-0.25, -0.2) is 4.98 Å². The number of hydrogen-bond acceptors (Lipinski definition) is 5. The quantitative estimate of drug-likeness (QED) is 0.199. The molecule has 8 heteroatoms. The zero-order valence-electron chi connectivity index (χ0n) is 22.2. The third-order valence-corrected chi connectivity index (χ3v) is 6.63. The van der Waals surface area contributed by atoms with Crippen LogP contribution in [0.15, 0.2) is 150 Å². The third kappa shape index (κ3) is 5.55. The summed E-state index contributed by atoms with van der Waals surface area (Å²) >= 11 is 0. The smallest absolute Gasteiger partial charge is 0.443 e. The molecule has 0 aliphatic carbocycles. The number of anilines is 3. The fraction of sp³-hybridized carbons (Fsp3) is 0. The van der Waals surface area contributed by atoms with Crippen molar-refractivity contribution >= 4 is 50.5 Å². The summed E-state index contributed by atoms with van der Waals surface area (Å²) in [7, 11) is 0. The van der Waals surface area contributed by atoms with Gasteiger partial charge in [-0.05, 0) is 46.1 Å². The molecular formula is C34H23N7Pt. The van der Waals surface area contributed by atoms with Crippen LogP contribution in [0.5, 0.6) is 0 Å². The number of benzene rings is 3. The molecule has 0 amide bonds. The maximum atomic E-state index is 5.08. The fourth-order valence-electron chi connectivity index (χ4n) is 4.75. The maximum Gasteiger partial charge on any atom is 2.00 e. The van der Waals surface area contributed by atoms with Crippen molar-refractivity contribution in [2.24, 2.45) is 9.98 Å². The molecule has 4 heterocycles. The largest absolute Gasteiger partial charge is 2.00 e. The van der Waals surface area contributed by atoms with Crippen molar-refractivity contribution in [1.82, 2.24) is 19.9 Å². The van der Waals surface area contributed by atoms with E-state index in [0.29, 0.717) is 34.2 Å². The van der Waals surface area contributed by atoms with E-state index in [0.717, 1.165) is 27.2 Å². The van der Waals surface area contributed by atoms with Crippen molar-refractivity contribution in [3.05, 3.63) is 151 Å². The molecule has 0 aliphatic heterocycles. The summed E-state index contributed by atoms with van der Waals surface area (Å²) in [5.74, 6) is 2.53. The van der Waals surface area contributed by atoms with Crippen molar-refractivity contribution in [2.75, 3.05) is 4.90 Å². The Morgan fingerprint density at radius 1 is 0.643 bits per heavy atom. The second kappa shape index (κ2) is 12.2. The molecule has 0 radical (unpaired) electrons. The Morgan fingerprint density at radius 3 is 2.12 bits per heavy atom. The van der Waals surface area contributed by atoms with E-state index in [-0.39, 0.29) is 21.1 Å². The first-order valence-electron chi connectivity index (χ1n) is 13.2. The predicted octanol–water partition coefficient (Wildman–Crippen LogP) is 6.63. The minimum atomic E-state index is 0. The van der Waals surface area contributed by atoms with Gasteiger partial charge in [-0.1, -0.05) is 115 Å². The molecule has 42 heavy (non-hydrogen) atoms. The molecule has 7 nitrogen and oxygen atoms in total. The van der Waals surface area contributed by atoms with E-state index in [9.17, 15) is 0 Å². The Balaban J connectivity index is 0.00000316. The number of aromatic nitrogens is 4. The normalized spacial score (nSPS) is 11.9. The van der Waals surface area contributed by atoms with Gasteiger partial charge in [0.2, 0.25) is 0 Å². The average Bonchev–Trinajstić information content (AvgIpc) is 3.03. The average molecular weight is 725 g/mol. The Bertz CT molecular complexity index is 2100. The summed E-state index contributed by atoms with van der Waals surface area (Å²) in [6.45, 7) is 0. The molecule has 4 aromatic heterocycles. The maximum absolute atomic E-state index is 5.08. The van der Waals surface area contributed by atoms with Crippen molar-refractivity contribution in [3.63, 3.8) is 0 Å². The first-order chi connectivity index (χ1) is 20.3. The van der Waals surface area contributed by atoms with Crippen molar-refractivity contribution < 1.29 is 21.1 Å². The van der Waals surface area contributed by atoms with Crippen molar-refractivity contribution in [2.45, 2.75) is 0 Å². The van der Waals surface area contributed by atoms with Gasteiger partial charge in [-0.15, -0.1) is 0 Å². The fourth-order valence-corrected chi connectivity index (χ4v) is 4.75. The minimum absolute atomic E-state index is 0. The van der Waals surface area contributed by atoms with Crippen LogP contribution in [0.3, 0.4) is 0 Å². The van der Waals surface area contributed by atoms with Gasteiger partial charge in [0, 0.05) is 22.9 Å². The van der Waals surface area contributed by atoms with Crippen LogP contribution in [-0.2, 0) is 21.1 Å². The summed E-state index contributed by atoms with van der Waals surface area (Å²) in [5, 5.41) is 3.89. The van der Waals surface area contributed by atoms with Gasteiger partial charge in [0.25, 0.3) is 0 Å². The molecule has 0 saturated heterocycles. The molecule has 0 spiro atoms. The summed E-state index contributed by atoms with van der Waals surface area (Å²) in [5.41, 5.74) is 2.08. The first-order valence-corrected chi connectivity index (χ1v) is 13.2. The van der Waals surface area contributed by atoms with Crippen LogP contribution >= 0.6 is 0 Å². The van der Waals surface area contributed by atoms with E-state index < -0.39 is 0 Å². The van der Waals surface area contributed by atoms with Gasteiger partial charge < -0.3 is 24.9 Å². The van der Waals surface area contributed by atoms with Crippen molar-refractivity contribution in [1.29, 1.82) is 0 Å². The van der Waals surface area contributed by atoms with Crippen LogP contribution in [0.2, 0.25) is 0 Å². The molecule has 0 aliphatic rings. The molecule has 7 rings (SSSR count). The van der Waals surface area contributed by atoms with Gasteiger partial charge in [-0.2, -0.15) is 0 Å². The van der Waals surface area contributed by atoms with Crippen LogP contribution in [0.25, 0.3) is 21.5 Å². The van der Waals surface area contributed by atoms with Gasteiger partial charge in [-0.3, -0.25) is 4.98 Å². The van der Waals surface area contributed by atoms with Crippen LogP contribution in [0.4, 0.5) is 29.0 Å². The Hall–Kier alpha value is -5.13. The molecule has 0 atom stereocenters. The van der Waals surface area contributed by atoms with Gasteiger partial charge in [0.15, 0.2) is 0 Å². The monoisotopic (exact) mass is 724 g/mol. The van der Waals surface area contributed by atoms with E-state index in [4.69, 9.17) is 20.0 Å². The van der Waals surface area contributed by atoms with Crippen molar-refractivity contribution in [3.8, 4) is 0 Å². The van der Waals surface area contributed by atoms with Crippen LogP contribution < -0.4 is 25.8 Å². The Morgan fingerprint density at radius 2 is 1.36 bits per heavy atom. The van der Waals surface area contributed by atoms with E-state index in [1.807, 2.05) is 108 Å². The van der Waals surface area contributed by atoms with E-state index in [2.05, 4.69) is 34.2 Å². The zero-order chi connectivity index (χ0) is 27.4. The molecule has 7 aromatic rings. The van der Waals surface area contributed by atoms with E-state index in [1.165, 1.54) is 0 Å². The van der Waals surface area contributed by atoms with Crippen LogP contribution in [0.1, 0.15) is 0 Å². The number of rotatable bonds is 5. The number of nitrogens with zero attached hydrogens (tertiary/aromatic N) is 7. The number of para-hydroxylation sites is 1. The summed E-state index contributed by atoms with van der Waals surface area (Å²) in [6.07, 6.45) is 3.46. The summed E-state index contributed by atoms with van der Waals surface area (Å²) in [4.78, 5) is 30.7. The molecular weight excluding hydrogens is 702 g/mol. The molecule has 3 aromatic carbocycles. The molecule has 0 bridgehead atoms. The van der Waals surface area contributed by atoms with E-state index in [1.54, 1.807) is 12.4 Å². The van der Waals surface area contributed by atoms with Crippen LogP contribution in [-0.4, -0.2) is 9.97 Å². The molecule has 0 unspecified atom stereocenters. The SMILES string of the molecule is [Pt+2].c1ccc(N(c2cc3ccccc3c(N=c3cccc[n-]3)n2)c2cc3ccccc3/c(=N/c3ccccn3)[n-]2)cc1. The zero-order valence-corrected chi connectivity index (χ0v) is 24.5. The van der Waals surface area contributed by atoms with Crippen LogP contribution in [0, 0.1) is 0 Å². The Kier molecular flexibility index (Phi) is 7.84. The number of hydrogen-bond donors (Lipinski definition) is 0. The summed E-state index contributed by atoms with van der Waals surface area (Å²) < 4.78 is 0. The van der Waals surface area contributed by atoms with Gasteiger partial charge >= 0.3 is 21.1 Å². The first kappa shape index (κ1) is 27.1. The van der Waals surface area contributed by atoms with Gasteiger partial charge in [0.1, 0.15) is 0 Å². The molecule has 0 fully saturated rings. The minimum Gasteiger partial charge on any atom is -0.443 e. The number of fused-ring (bicyclic) bond motifs is 2. The third-order valence-electron chi connectivity index (χ3n) is 6.63. The number of pyridine rings is 4. The summed E-state index contributed by atoms with van der Waals surface area (Å²) in [6, 6.07) is 41.7. The second-order valence-corrected chi connectivity index (χ2v) is 9.32. The molecule has 0 saturated carbocycles. The van der Waals surface area contributed by atoms with E-state index >= 15 is 0 Å². The second-order valence-electron chi connectivity index (χ2n) is 9.32. The topological polar surface area (TPSA) is 81.9 Å². The van der Waals surface area contributed by atoms with Gasteiger partial charge in [0.05, 0.1) is 17.5 Å². The predicted molar refractivity (Wildman–Crippen MR) is 162 cm³/mol. The Labute approximate surface area is 256 Å². The molecule has 204 valence electrons. The standard InChI is InChI=1S/C34H23N7.Pt/c1-2-14-26(15-3-1)41(31-22-24-12-4-6-16-27(24)33(39-31)37-29-18-8-10-20-35-29)32-23-25-13-5-7-17-28(25)34(40-32)38-30-19-9-11-21-36-30;/h1-23H;/q-2;+2.